The first-order valence-corrected chi connectivity index (χ1v) is 10.2. The van der Waals surface area contributed by atoms with E-state index < -0.39 is 18.0 Å². The topological polar surface area (TPSA) is 104 Å². The Morgan fingerprint density at radius 1 is 1.06 bits per heavy atom. The van der Waals surface area contributed by atoms with E-state index in [0.717, 1.165) is 21.2 Å². The normalized spacial score (nSPS) is 12.6. The summed E-state index contributed by atoms with van der Waals surface area (Å²) in [6.45, 7) is 2.06. The lowest BCUT2D eigenvalue weighted by Crippen LogP contribution is -2.49. The number of likely N-dealkylation sites (N-methyl/N-ethyl adjacent to an activating group) is 1. The number of hydrogen-bond acceptors (Lipinski definition) is 5. The molecule has 0 radical (unpaired) electrons. The molecule has 8 heteroatoms. The van der Waals surface area contributed by atoms with Gasteiger partial charge in [-0.05, 0) is 35.4 Å². The molecule has 1 atom stereocenters. The Morgan fingerprint density at radius 2 is 1.84 bits per heavy atom. The summed E-state index contributed by atoms with van der Waals surface area (Å²) in [4.78, 5) is 26.7. The summed E-state index contributed by atoms with van der Waals surface area (Å²) in [6, 6.07) is 17.3. The third-order valence-electron chi connectivity index (χ3n) is 5.19. The van der Waals surface area contributed by atoms with Crippen molar-refractivity contribution >= 4 is 28.4 Å². The number of fused-ring (bicyclic) bond motifs is 2. The second kappa shape index (κ2) is 9.27. The molecule has 0 saturated carbocycles. The van der Waals surface area contributed by atoms with Crippen molar-refractivity contribution in [2.75, 3.05) is 18.7 Å². The molecule has 3 aromatic rings. The van der Waals surface area contributed by atoms with E-state index in [1.54, 1.807) is 25.1 Å². The molecular weight excluding hydrogens is 408 g/mol. The Hall–Kier alpha value is -4.25. The van der Waals surface area contributed by atoms with Gasteiger partial charge in [0.2, 0.25) is 6.79 Å². The standard InChI is InChI=1S/C24H22N4O4/c1-2-28(14-25)23(29)20(12-16-7-8-17-5-3-4-6-18(17)11-16)27-24(30)26-19-9-10-21-22(13-19)32-15-31-21/h3-11,13,20H,2,12,15H2,1H3,(H2,26,27,30). The fourth-order valence-corrected chi connectivity index (χ4v) is 3.57. The molecule has 1 unspecified atom stereocenters. The number of nitriles is 1. The first kappa shape index (κ1) is 21.0. The molecule has 0 saturated heterocycles. The van der Waals surface area contributed by atoms with Gasteiger partial charge in [0, 0.05) is 24.7 Å². The highest BCUT2D eigenvalue weighted by atomic mass is 16.7. The molecule has 0 spiro atoms. The molecule has 0 aromatic heterocycles. The predicted octanol–water partition coefficient (Wildman–Crippen LogP) is 3.63. The highest BCUT2D eigenvalue weighted by Gasteiger charge is 2.26. The monoisotopic (exact) mass is 430 g/mol. The van der Waals surface area contributed by atoms with Crippen LogP contribution in [0, 0.1) is 11.5 Å². The van der Waals surface area contributed by atoms with E-state index in [-0.39, 0.29) is 19.8 Å². The summed E-state index contributed by atoms with van der Waals surface area (Å²) in [5.41, 5.74) is 1.37. The lowest BCUT2D eigenvalue weighted by molar-refractivity contribution is -0.129. The van der Waals surface area contributed by atoms with E-state index in [1.807, 2.05) is 48.7 Å². The minimum atomic E-state index is -0.912. The number of anilines is 1. The van der Waals surface area contributed by atoms with Crippen LogP contribution in [0.1, 0.15) is 12.5 Å². The first-order valence-electron chi connectivity index (χ1n) is 10.2. The van der Waals surface area contributed by atoms with Gasteiger partial charge in [0.15, 0.2) is 17.7 Å². The zero-order valence-electron chi connectivity index (χ0n) is 17.5. The molecule has 2 N–H and O–H groups in total. The molecule has 0 aliphatic carbocycles. The highest BCUT2D eigenvalue weighted by molar-refractivity contribution is 5.94. The molecule has 4 rings (SSSR count). The maximum absolute atomic E-state index is 12.9. The van der Waals surface area contributed by atoms with Crippen molar-refractivity contribution in [1.29, 1.82) is 5.26 Å². The number of carbonyl (C=O) groups excluding carboxylic acids is 2. The van der Waals surface area contributed by atoms with Crippen LogP contribution in [0.15, 0.2) is 60.7 Å². The van der Waals surface area contributed by atoms with Gasteiger partial charge < -0.3 is 20.1 Å². The van der Waals surface area contributed by atoms with Gasteiger partial charge in [-0.25, -0.2) is 9.69 Å². The fourth-order valence-electron chi connectivity index (χ4n) is 3.57. The quantitative estimate of drug-likeness (QED) is 0.459. The number of urea groups is 1. The fraction of sp³-hybridized carbons (Fsp3) is 0.208. The van der Waals surface area contributed by atoms with Crippen LogP contribution >= 0.6 is 0 Å². The molecule has 0 bridgehead atoms. The van der Waals surface area contributed by atoms with E-state index in [4.69, 9.17) is 9.47 Å². The minimum Gasteiger partial charge on any atom is -0.454 e. The Kier molecular flexibility index (Phi) is 6.08. The zero-order valence-corrected chi connectivity index (χ0v) is 17.5. The maximum atomic E-state index is 12.9. The molecule has 3 aromatic carbocycles. The smallest absolute Gasteiger partial charge is 0.319 e. The predicted molar refractivity (Wildman–Crippen MR) is 119 cm³/mol. The summed E-state index contributed by atoms with van der Waals surface area (Å²) in [5.74, 6) is 0.671. The third-order valence-corrected chi connectivity index (χ3v) is 5.19. The third kappa shape index (κ3) is 4.57. The number of benzene rings is 3. The van der Waals surface area contributed by atoms with Crippen molar-refractivity contribution in [2.24, 2.45) is 0 Å². The van der Waals surface area contributed by atoms with Crippen LogP contribution in [0.5, 0.6) is 11.5 Å². The largest absolute Gasteiger partial charge is 0.454 e. The van der Waals surface area contributed by atoms with Crippen LogP contribution in [0.4, 0.5) is 10.5 Å². The zero-order chi connectivity index (χ0) is 22.5. The van der Waals surface area contributed by atoms with Crippen LogP contribution in [-0.4, -0.2) is 36.2 Å². The Labute approximate surface area is 185 Å². The lowest BCUT2D eigenvalue weighted by atomic mass is 10.0. The van der Waals surface area contributed by atoms with Crippen LogP contribution in [0.25, 0.3) is 10.8 Å². The van der Waals surface area contributed by atoms with Crippen molar-refractivity contribution in [3.63, 3.8) is 0 Å². The van der Waals surface area contributed by atoms with Crippen molar-refractivity contribution in [3.05, 3.63) is 66.2 Å². The summed E-state index contributed by atoms with van der Waals surface area (Å²) in [5, 5.41) is 16.9. The first-order chi connectivity index (χ1) is 15.6. The molecule has 1 aliphatic heterocycles. The molecule has 32 heavy (non-hydrogen) atoms. The van der Waals surface area contributed by atoms with Gasteiger partial charge in [0.1, 0.15) is 6.04 Å². The number of amides is 3. The maximum Gasteiger partial charge on any atom is 0.319 e. The minimum absolute atomic E-state index is 0.133. The Morgan fingerprint density at radius 3 is 2.62 bits per heavy atom. The summed E-state index contributed by atoms with van der Waals surface area (Å²) >= 11 is 0. The summed E-state index contributed by atoms with van der Waals surface area (Å²) in [7, 11) is 0. The van der Waals surface area contributed by atoms with Crippen LogP contribution in [0.3, 0.4) is 0 Å². The van der Waals surface area contributed by atoms with Crippen molar-refractivity contribution < 1.29 is 19.1 Å². The Bertz CT molecular complexity index is 1200. The molecule has 3 amide bonds. The van der Waals surface area contributed by atoms with E-state index in [9.17, 15) is 14.9 Å². The molecule has 1 heterocycles. The van der Waals surface area contributed by atoms with Gasteiger partial charge >= 0.3 is 6.03 Å². The van der Waals surface area contributed by atoms with Crippen LogP contribution in [-0.2, 0) is 11.2 Å². The van der Waals surface area contributed by atoms with Crippen molar-refractivity contribution in [2.45, 2.75) is 19.4 Å². The average molecular weight is 430 g/mol. The second-order valence-electron chi connectivity index (χ2n) is 7.29. The van der Waals surface area contributed by atoms with Gasteiger partial charge in [0.05, 0.1) is 0 Å². The van der Waals surface area contributed by atoms with Gasteiger partial charge in [-0.1, -0.05) is 42.5 Å². The summed E-state index contributed by atoms with van der Waals surface area (Å²) in [6.07, 6.45) is 2.13. The van der Waals surface area contributed by atoms with E-state index >= 15 is 0 Å². The van der Waals surface area contributed by atoms with Gasteiger partial charge in [-0.2, -0.15) is 5.26 Å². The van der Waals surface area contributed by atoms with Gasteiger partial charge in [-0.3, -0.25) is 4.79 Å². The Balaban J connectivity index is 1.52. The van der Waals surface area contributed by atoms with Crippen LogP contribution in [0.2, 0.25) is 0 Å². The second-order valence-corrected chi connectivity index (χ2v) is 7.29. The van der Waals surface area contributed by atoms with E-state index in [1.165, 1.54) is 0 Å². The number of carbonyl (C=O) groups is 2. The number of nitrogens with zero attached hydrogens (tertiary/aromatic N) is 2. The van der Waals surface area contributed by atoms with Gasteiger partial charge in [-0.15, -0.1) is 0 Å². The number of ether oxygens (including phenoxy) is 2. The number of rotatable bonds is 6. The highest BCUT2D eigenvalue weighted by Crippen LogP contribution is 2.34. The van der Waals surface area contributed by atoms with Gasteiger partial charge in [0.25, 0.3) is 5.91 Å². The van der Waals surface area contributed by atoms with Crippen LogP contribution < -0.4 is 20.1 Å². The lowest BCUT2D eigenvalue weighted by Gasteiger charge is -2.22. The molecule has 0 fully saturated rings. The molecule has 1 aliphatic rings. The molecule has 8 nitrogen and oxygen atoms in total. The van der Waals surface area contributed by atoms with Crippen molar-refractivity contribution in [3.8, 4) is 17.7 Å². The average Bonchev–Trinajstić information content (AvgIpc) is 3.27. The molecular formula is C24H22N4O4. The number of nitrogens with one attached hydrogen (secondary N) is 2. The number of hydrogen-bond donors (Lipinski definition) is 2. The SMILES string of the molecule is CCN(C#N)C(=O)C(Cc1ccc2ccccc2c1)NC(=O)Nc1ccc2c(c1)OCO2. The van der Waals surface area contributed by atoms with Crippen molar-refractivity contribution in [1.82, 2.24) is 10.2 Å². The van der Waals surface area contributed by atoms with E-state index in [2.05, 4.69) is 10.6 Å². The molecule has 162 valence electrons. The van der Waals surface area contributed by atoms with E-state index in [0.29, 0.717) is 17.2 Å². The summed E-state index contributed by atoms with van der Waals surface area (Å²) < 4.78 is 10.6.